The van der Waals surface area contributed by atoms with Gasteiger partial charge in [-0.05, 0) is 63.3 Å². The highest BCUT2D eigenvalue weighted by molar-refractivity contribution is 6.35. The average molecular weight is 316 g/mol. The van der Waals surface area contributed by atoms with Gasteiger partial charge in [0.1, 0.15) is 0 Å². The molecule has 112 valence electrons. The summed E-state index contributed by atoms with van der Waals surface area (Å²) in [5, 5.41) is 4.92. The third kappa shape index (κ3) is 4.11. The SMILES string of the molecule is CCOC1CC(CC(Cc2c(Cl)cccc2Cl)NC)C1. The summed E-state index contributed by atoms with van der Waals surface area (Å²) in [5.41, 5.74) is 1.05. The molecule has 1 fully saturated rings. The van der Waals surface area contributed by atoms with Crippen molar-refractivity contribution in [2.24, 2.45) is 5.92 Å². The Bertz CT molecular complexity index is 412. The molecule has 2 rings (SSSR count). The van der Waals surface area contributed by atoms with Crippen molar-refractivity contribution >= 4 is 23.2 Å². The molecule has 0 aliphatic heterocycles. The van der Waals surface area contributed by atoms with Crippen LogP contribution >= 0.6 is 23.2 Å². The highest BCUT2D eigenvalue weighted by Crippen LogP contribution is 2.35. The van der Waals surface area contributed by atoms with Gasteiger partial charge in [-0.3, -0.25) is 0 Å². The third-order valence-electron chi connectivity index (χ3n) is 4.13. The van der Waals surface area contributed by atoms with Crippen LogP contribution in [-0.4, -0.2) is 25.8 Å². The Labute approximate surface area is 131 Å². The third-order valence-corrected chi connectivity index (χ3v) is 4.84. The molecule has 1 saturated carbocycles. The van der Waals surface area contributed by atoms with E-state index in [1.165, 1.54) is 12.8 Å². The van der Waals surface area contributed by atoms with Crippen LogP contribution in [0.5, 0.6) is 0 Å². The van der Waals surface area contributed by atoms with Crippen LogP contribution in [0.4, 0.5) is 0 Å². The van der Waals surface area contributed by atoms with Crippen LogP contribution in [0.25, 0.3) is 0 Å². The molecule has 0 aromatic heterocycles. The second-order valence-corrected chi connectivity index (χ2v) is 6.35. The van der Waals surface area contributed by atoms with Crippen molar-refractivity contribution in [2.45, 2.75) is 44.8 Å². The Morgan fingerprint density at radius 3 is 2.50 bits per heavy atom. The van der Waals surface area contributed by atoms with Crippen molar-refractivity contribution in [1.82, 2.24) is 5.32 Å². The van der Waals surface area contributed by atoms with E-state index in [1.54, 1.807) is 0 Å². The first-order chi connectivity index (χ1) is 9.63. The highest BCUT2D eigenvalue weighted by Gasteiger charge is 2.31. The fourth-order valence-electron chi connectivity index (χ4n) is 2.92. The number of rotatable bonds is 7. The van der Waals surface area contributed by atoms with Crippen molar-refractivity contribution in [3.05, 3.63) is 33.8 Å². The zero-order chi connectivity index (χ0) is 14.5. The molecule has 1 aromatic carbocycles. The number of hydrogen-bond acceptors (Lipinski definition) is 2. The van der Waals surface area contributed by atoms with Crippen molar-refractivity contribution < 1.29 is 4.74 Å². The lowest BCUT2D eigenvalue weighted by Crippen LogP contribution is -2.38. The van der Waals surface area contributed by atoms with Gasteiger partial charge in [-0.1, -0.05) is 29.3 Å². The Hall–Kier alpha value is -0.280. The standard InChI is InChI=1S/C16H23Cl2NO/c1-3-20-13-8-11(9-13)7-12(19-2)10-14-15(17)5-4-6-16(14)18/h4-6,11-13,19H,3,7-10H2,1-2H3. The van der Waals surface area contributed by atoms with E-state index >= 15 is 0 Å². The van der Waals surface area contributed by atoms with E-state index in [-0.39, 0.29) is 0 Å². The van der Waals surface area contributed by atoms with Crippen LogP contribution < -0.4 is 5.32 Å². The molecule has 1 unspecified atom stereocenters. The predicted octanol–water partition coefficient (Wildman–Crippen LogP) is 4.33. The summed E-state index contributed by atoms with van der Waals surface area (Å²) in [4.78, 5) is 0. The van der Waals surface area contributed by atoms with E-state index in [9.17, 15) is 0 Å². The molecule has 0 bridgehead atoms. The molecule has 0 radical (unpaired) electrons. The van der Waals surface area contributed by atoms with Gasteiger partial charge in [0.15, 0.2) is 0 Å². The minimum absolute atomic E-state index is 0.417. The van der Waals surface area contributed by atoms with Gasteiger partial charge in [0.25, 0.3) is 0 Å². The predicted molar refractivity (Wildman–Crippen MR) is 85.8 cm³/mol. The molecule has 1 aliphatic carbocycles. The molecule has 1 aliphatic rings. The highest BCUT2D eigenvalue weighted by atomic mass is 35.5. The molecule has 1 aromatic rings. The molecule has 1 atom stereocenters. The summed E-state index contributed by atoms with van der Waals surface area (Å²) in [5.74, 6) is 0.755. The fraction of sp³-hybridized carbons (Fsp3) is 0.625. The number of nitrogens with one attached hydrogen (secondary N) is 1. The second kappa shape index (κ2) is 7.65. The van der Waals surface area contributed by atoms with Crippen LogP contribution in [0.2, 0.25) is 10.0 Å². The van der Waals surface area contributed by atoms with Gasteiger partial charge in [-0.2, -0.15) is 0 Å². The topological polar surface area (TPSA) is 21.3 Å². The quantitative estimate of drug-likeness (QED) is 0.808. The number of halogens is 2. The second-order valence-electron chi connectivity index (χ2n) is 5.54. The summed E-state index contributed by atoms with van der Waals surface area (Å²) >= 11 is 12.5. The number of likely N-dealkylation sites (N-methyl/N-ethyl adjacent to an activating group) is 1. The summed E-state index contributed by atoms with van der Waals surface area (Å²) in [6.45, 7) is 2.88. The maximum Gasteiger partial charge on any atom is 0.0580 e. The van der Waals surface area contributed by atoms with Crippen molar-refractivity contribution in [3.8, 4) is 0 Å². The molecular weight excluding hydrogens is 293 g/mol. The van der Waals surface area contributed by atoms with Crippen LogP contribution in [0.15, 0.2) is 18.2 Å². The Morgan fingerprint density at radius 2 is 1.95 bits per heavy atom. The summed E-state index contributed by atoms with van der Waals surface area (Å²) in [7, 11) is 2.01. The van der Waals surface area contributed by atoms with E-state index in [1.807, 2.05) is 25.2 Å². The van der Waals surface area contributed by atoms with Crippen LogP contribution in [0.1, 0.15) is 31.7 Å². The maximum atomic E-state index is 6.25. The van der Waals surface area contributed by atoms with E-state index in [2.05, 4.69) is 12.2 Å². The largest absolute Gasteiger partial charge is 0.378 e. The molecule has 0 saturated heterocycles. The number of benzene rings is 1. The zero-order valence-electron chi connectivity index (χ0n) is 12.2. The Balaban J connectivity index is 1.87. The monoisotopic (exact) mass is 315 g/mol. The molecule has 0 amide bonds. The normalized spacial score (nSPS) is 23.4. The van der Waals surface area contributed by atoms with Gasteiger partial charge in [-0.25, -0.2) is 0 Å². The Kier molecular flexibility index (Phi) is 6.16. The van der Waals surface area contributed by atoms with E-state index in [0.29, 0.717) is 12.1 Å². The fourth-order valence-corrected chi connectivity index (χ4v) is 3.47. The first-order valence-electron chi connectivity index (χ1n) is 7.35. The molecule has 1 N–H and O–H groups in total. The number of ether oxygens (including phenoxy) is 1. The first kappa shape index (κ1) is 16.1. The van der Waals surface area contributed by atoms with Crippen molar-refractivity contribution in [2.75, 3.05) is 13.7 Å². The molecule has 0 heterocycles. The van der Waals surface area contributed by atoms with Crippen LogP contribution in [0.3, 0.4) is 0 Å². The van der Waals surface area contributed by atoms with Gasteiger partial charge in [0.05, 0.1) is 6.10 Å². The molecular formula is C16H23Cl2NO. The zero-order valence-corrected chi connectivity index (χ0v) is 13.7. The first-order valence-corrected chi connectivity index (χ1v) is 8.11. The van der Waals surface area contributed by atoms with E-state index < -0.39 is 0 Å². The van der Waals surface area contributed by atoms with E-state index in [0.717, 1.165) is 41.0 Å². The molecule has 0 spiro atoms. The Morgan fingerprint density at radius 1 is 1.30 bits per heavy atom. The smallest absolute Gasteiger partial charge is 0.0580 e. The maximum absolute atomic E-state index is 6.25. The minimum atomic E-state index is 0.417. The summed E-state index contributed by atoms with van der Waals surface area (Å²) < 4.78 is 5.62. The molecule has 20 heavy (non-hydrogen) atoms. The number of hydrogen-bond donors (Lipinski definition) is 1. The van der Waals surface area contributed by atoms with E-state index in [4.69, 9.17) is 27.9 Å². The van der Waals surface area contributed by atoms with Crippen molar-refractivity contribution in [1.29, 1.82) is 0 Å². The van der Waals surface area contributed by atoms with Crippen molar-refractivity contribution in [3.63, 3.8) is 0 Å². The van der Waals surface area contributed by atoms with Gasteiger partial charge in [0, 0.05) is 22.7 Å². The lowest BCUT2D eigenvalue weighted by molar-refractivity contribution is -0.0288. The molecule has 2 nitrogen and oxygen atoms in total. The lowest BCUT2D eigenvalue weighted by atomic mass is 9.77. The lowest BCUT2D eigenvalue weighted by Gasteiger charge is -2.37. The summed E-state index contributed by atoms with van der Waals surface area (Å²) in [6.07, 6.45) is 4.88. The molecule has 4 heteroatoms. The van der Waals surface area contributed by atoms with Gasteiger partial charge >= 0.3 is 0 Å². The average Bonchev–Trinajstić information content (AvgIpc) is 2.38. The minimum Gasteiger partial charge on any atom is -0.378 e. The van der Waals surface area contributed by atoms with Gasteiger partial charge in [0.2, 0.25) is 0 Å². The van der Waals surface area contributed by atoms with Crippen LogP contribution in [0, 0.1) is 5.92 Å². The summed E-state index contributed by atoms with van der Waals surface area (Å²) in [6, 6.07) is 6.12. The van der Waals surface area contributed by atoms with Gasteiger partial charge < -0.3 is 10.1 Å². The van der Waals surface area contributed by atoms with Crippen LogP contribution in [-0.2, 0) is 11.2 Å². The van der Waals surface area contributed by atoms with Gasteiger partial charge in [-0.15, -0.1) is 0 Å².